The summed E-state index contributed by atoms with van der Waals surface area (Å²) in [5.41, 5.74) is 0. The Bertz CT molecular complexity index is 94.9. The van der Waals surface area contributed by atoms with Crippen molar-refractivity contribution < 1.29 is 5.21 Å². The lowest BCUT2D eigenvalue weighted by atomic mass is 10.8. The molecule has 0 aliphatic carbocycles. The highest BCUT2D eigenvalue weighted by Crippen LogP contribution is 2.14. The number of hydrogen-bond donors (Lipinski definition) is 1. The van der Waals surface area contributed by atoms with Crippen molar-refractivity contribution >= 4 is 28.3 Å². The van der Waals surface area contributed by atoms with E-state index in [1.165, 1.54) is 11.8 Å². The first-order valence-electron chi connectivity index (χ1n) is 1.94. The number of hydrogen-bond acceptors (Lipinski definition) is 3. The van der Waals surface area contributed by atoms with Crippen molar-refractivity contribution in [3.05, 3.63) is 0 Å². The van der Waals surface area contributed by atoms with E-state index >= 15 is 0 Å². The Morgan fingerprint density at radius 2 is 2.57 bits per heavy atom. The minimum absolute atomic E-state index is 0.597. The molecule has 40 valence electrons. The quantitative estimate of drug-likeness (QED) is 0.494. The van der Waals surface area contributed by atoms with Gasteiger partial charge < -0.3 is 0 Å². The largest absolute Gasteiger partial charge is 0.287 e. The summed E-state index contributed by atoms with van der Waals surface area (Å²) in [4.78, 5) is 0. The van der Waals surface area contributed by atoms with Crippen LogP contribution in [0, 0.1) is 0 Å². The minimum atomic E-state index is 0.597. The lowest BCUT2D eigenvalue weighted by molar-refractivity contribution is 0.00200. The maximum atomic E-state index is 8.67. The van der Waals surface area contributed by atoms with Crippen LogP contribution in [-0.4, -0.2) is 26.9 Å². The van der Waals surface area contributed by atoms with E-state index in [9.17, 15) is 0 Å². The van der Waals surface area contributed by atoms with Crippen molar-refractivity contribution in [3.8, 4) is 0 Å². The van der Waals surface area contributed by atoms with Crippen molar-refractivity contribution in [1.29, 1.82) is 0 Å². The number of nitrogens with zero attached hydrogens (tertiary/aromatic N) is 1. The molecule has 4 heteroatoms. The van der Waals surface area contributed by atoms with E-state index in [2.05, 4.69) is 12.2 Å². The molecular weight excluding hydrogens is 130 g/mol. The zero-order valence-electron chi connectivity index (χ0n) is 3.63. The third-order valence-electron chi connectivity index (χ3n) is 0.739. The van der Waals surface area contributed by atoms with Crippen molar-refractivity contribution in [2.45, 2.75) is 0 Å². The van der Waals surface area contributed by atoms with Gasteiger partial charge in [0.25, 0.3) is 0 Å². The van der Waals surface area contributed by atoms with E-state index in [1.54, 1.807) is 0 Å². The summed E-state index contributed by atoms with van der Waals surface area (Å²) in [6, 6.07) is 0. The molecule has 1 aliphatic rings. The summed E-state index contributed by atoms with van der Waals surface area (Å²) in [5.74, 6) is 0.926. The van der Waals surface area contributed by atoms with Crippen molar-refractivity contribution in [1.82, 2.24) is 5.06 Å². The van der Waals surface area contributed by atoms with Gasteiger partial charge in [-0.3, -0.25) is 5.21 Å². The average molecular weight is 135 g/mol. The smallest absolute Gasteiger partial charge is 0.160 e. The summed E-state index contributed by atoms with van der Waals surface area (Å²) in [6.07, 6.45) is 0. The highest BCUT2D eigenvalue weighted by Gasteiger charge is 2.13. The first kappa shape index (κ1) is 5.34. The van der Waals surface area contributed by atoms with E-state index in [0.717, 1.165) is 10.8 Å². The van der Waals surface area contributed by atoms with Gasteiger partial charge in [0.05, 0.1) is 6.54 Å². The van der Waals surface area contributed by atoms with Crippen LogP contribution in [0.15, 0.2) is 0 Å². The predicted octanol–water partition coefficient (Wildman–Crippen LogP) is 0.709. The lowest BCUT2D eigenvalue weighted by Gasteiger charge is -2.02. The zero-order chi connectivity index (χ0) is 5.28. The first-order valence-corrected chi connectivity index (χ1v) is 3.33. The van der Waals surface area contributed by atoms with Crippen LogP contribution >= 0.6 is 24.0 Å². The average Bonchev–Trinajstić information content (AvgIpc) is 1.91. The predicted molar refractivity (Wildman–Crippen MR) is 33.5 cm³/mol. The second kappa shape index (κ2) is 1.98. The van der Waals surface area contributed by atoms with E-state index in [1.807, 2.05) is 0 Å². The molecule has 1 rings (SSSR count). The SMILES string of the molecule is ON1CCSC1=S. The molecular formula is C3H5NOS2. The fraction of sp³-hybridized carbons (Fsp3) is 0.667. The number of thiocarbonyl (C=S) groups is 1. The van der Waals surface area contributed by atoms with E-state index < -0.39 is 0 Å². The molecule has 0 bridgehead atoms. The molecule has 7 heavy (non-hydrogen) atoms. The Morgan fingerprint density at radius 3 is 2.71 bits per heavy atom. The van der Waals surface area contributed by atoms with Gasteiger partial charge in [-0.15, -0.1) is 0 Å². The lowest BCUT2D eigenvalue weighted by Crippen LogP contribution is -2.16. The van der Waals surface area contributed by atoms with Gasteiger partial charge in [0.1, 0.15) is 0 Å². The van der Waals surface area contributed by atoms with Gasteiger partial charge in [-0.1, -0.05) is 24.0 Å². The fourth-order valence-corrected chi connectivity index (χ4v) is 1.41. The van der Waals surface area contributed by atoms with Crippen LogP contribution in [0.3, 0.4) is 0 Å². The molecule has 1 N–H and O–H groups in total. The Kier molecular flexibility index (Phi) is 1.51. The molecule has 0 spiro atoms. The van der Waals surface area contributed by atoms with Crippen LogP contribution in [0.25, 0.3) is 0 Å². The number of rotatable bonds is 0. The highest BCUT2D eigenvalue weighted by atomic mass is 32.2. The summed E-state index contributed by atoms with van der Waals surface area (Å²) in [5, 5.41) is 9.77. The minimum Gasteiger partial charge on any atom is -0.287 e. The zero-order valence-corrected chi connectivity index (χ0v) is 5.26. The van der Waals surface area contributed by atoms with E-state index in [4.69, 9.17) is 5.21 Å². The van der Waals surface area contributed by atoms with Crippen molar-refractivity contribution in [2.75, 3.05) is 12.3 Å². The van der Waals surface area contributed by atoms with Gasteiger partial charge in [-0.25, -0.2) is 5.06 Å². The maximum absolute atomic E-state index is 8.67. The van der Waals surface area contributed by atoms with E-state index in [0.29, 0.717) is 10.9 Å². The summed E-state index contributed by atoms with van der Waals surface area (Å²) in [7, 11) is 0. The van der Waals surface area contributed by atoms with E-state index in [-0.39, 0.29) is 0 Å². The van der Waals surface area contributed by atoms with Crippen molar-refractivity contribution in [2.24, 2.45) is 0 Å². The Hall–Kier alpha value is 0.200. The molecule has 0 atom stereocenters. The molecule has 0 saturated carbocycles. The van der Waals surface area contributed by atoms with Crippen LogP contribution in [0.5, 0.6) is 0 Å². The maximum Gasteiger partial charge on any atom is 0.160 e. The fourth-order valence-electron chi connectivity index (χ4n) is 0.385. The topological polar surface area (TPSA) is 23.5 Å². The van der Waals surface area contributed by atoms with Gasteiger partial charge in [0.15, 0.2) is 4.32 Å². The van der Waals surface area contributed by atoms with Crippen LogP contribution in [0.1, 0.15) is 0 Å². The van der Waals surface area contributed by atoms with Gasteiger partial charge in [0.2, 0.25) is 0 Å². The van der Waals surface area contributed by atoms with Crippen LogP contribution in [0.2, 0.25) is 0 Å². The molecule has 0 amide bonds. The van der Waals surface area contributed by atoms with Crippen LogP contribution < -0.4 is 0 Å². The Morgan fingerprint density at radius 1 is 1.86 bits per heavy atom. The second-order valence-electron chi connectivity index (χ2n) is 1.24. The molecule has 0 radical (unpaired) electrons. The molecule has 2 nitrogen and oxygen atoms in total. The summed E-state index contributed by atoms with van der Waals surface area (Å²) >= 11 is 6.19. The molecule has 1 fully saturated rings. The second-order valence-corrected chi connectivity index (χ2v) is 2.97. The number of thioether (sulfide) groups is 1. The molecule has 1 saturated heterocycles. The Labute approximate surface area is 51.5 Å². The standard InChI is InChI=1S/C3H5NOS2/c5-4-1-2-7-3(4)6/h5H,1-2H2. The number of hydroxylamine groups is 2. The van der Waals surface area contributed by atoms with Crippen LogP contribution in [-0.2, 0) is 0 Å². The van der Waals surface area contributed by atoms with Crippen LogP contribution in [0.4, 0.5) is 0 Å². The van der Waals surface area contributed by atoms with Gasteiger partial charge in [0, 0.05) is 5.75 Å². The molecule has 1 aliphatic heterocycles. The third-order valence-corrected chi connectivity index (χ3v) is 2.15. The molecule has 0 aromatic rings. The first-order chi connectivity index (χ1) is 3.30. The molecule has 1 heterocycles. The van der Waals surface area contributed by atoms with Gasteiger partial charge in [-0.05, 0) is 0 Å². The third kappa shape index (κ3) is 1.05. The Balaban J connectivity index is 2.48. The summed E-state index contributed by atoms with van der Waals surface area (Å²) in [6.45, 7) is 0.684. The molecule has 0 aromatic carbocycles. The molecule has 0 aromatic heterocycles. The monoisotopic (exact) mass is 135 g/mol. The normalized spacial score (nSPS) is 21.3. The molecule has 0 unspecified atom stereocenters. The summed E-state index contributed by atoms with van der Waals surface area (Å²) < 4.78 is 0.597. The van der Waals surface area contributed by atoms with Gasteiger partial charge >= 0.3 is 0 Å². The van der Waals surface area contributed by atoms with Gasteiger partial charge in [-0.2, -0.15) is 0 Å². The highest BCUT2D eigenvalue weighted by molar-refractivity contribution is 8.23. The van der Waals surface area contributed by atoms with Crippen molar-refractivity contribution in [3.63, 3.8) is 0 Å².